The van der Waals surface area contributed by atoms with Crippen LogP contribution in [0.1, 0.15) is 38.2 Å². The lowest BCUT2D eigenvalue weighted by atomic mass is 9.89. The van der Waals surface area contributed by atoms with Crippen LogP contribution in [0.2, 0.25) is 0 Å². The van der Waals surface area contributed by atoms with Crippen LogP contribution in [0, 0.1) is 5.41 Å². The molecule has 0 unspecified atom stereocenters. The molecule has 1 fully saturated rings. The number of alkyl halides is 3. The highest BCUT2D eigenvalue weighted by Crippen LogP contribution is 2.40. The van der Waals surface area contributed by atoms with Crippen LogP contribution in [-0.2, 0) is 16.2 Å². The van der Waals surface area contributed by atoms with Gasteiger partial charge in [-0.15, -0.1) is 0 Å². The molecule has 1 aromatic rings. The molecule has 1 saturated carbocycles. The lowest BCUT2D eigenvalue weighted by Gasteiger charge is -2.25. The molecule has 3 N–H and O–H groups in total. The lowest BCUT2D eigenvalue weighted by Crippen LogP contribution is -2.24. The number of rotatable bonds is 4. The largest absolute Gasteiger partial charge is 0.418 e. The van der Waals surface area contributed by atoms with E-state index in [0.717, 1.165) is 37.8 Å². The first-order valence-electron chi connectivity index (χ1n) is 6.99. The number of benzene rings is 1. The summed E-state index contributed by atoms with van der Waals surface area (Å²) in [7, 11) is -4.17. The van der Waals surface area contributed by atoms with Gasteiger partial charge in [-0.1, -0.05) is 19.8 Å². The van der Waals surface area contributed by atoms with Crippen molar-refractivity contribution < 1.29 is 21.6 Å². The highest BCUT2D eigenvalue weighted by Gasteiger charge is 2.35. The van der Waals surface area contributed by atoms with Gasteiger partial charge in [-0.05, 0) is 36.5 Å². The summed E-state index contributed by atoms with van der Waals surface area (Å²) in [6.07, 6.45) is -0.559. The molecule has 0 aliphatic heterocycles. The summed E-state index contributed by atoms with van der Waals surface area (Å²) in [6, 6.07) is 2.79. The van der Waals surface area contributed by atoms with Gasteiger partial charge in [-0.2, -0.15) is 13.2 Å². The quantitative estimate of drug-likeness (QED) is 0.886. The zero-order valence-corrected chi connectivity index (χ0v) is 13.0. The first kappa shape index (κ1) is 17.1. The van der Waals surface area contributed by atoms with Crippen molar-refractivity contribution in [2.24, 2.45) is 10.6 Å². The van der Waals surface area contributed by atoms with Gasteiger partial charge in [0.05, 0.1) is 10.5 Å². The van der Waals surface area contributed by atoms with E-state index in [1.54, 1.807) is 0 Å². The minimum atomic E-state index is -4.65. The second-order valence-electron chi connectivity index (χ2n) is 6.12. The number of sulfonamides is 1. The molecule has 2 rings (SSSR count). The van der Waals surface area contributed by atoms with E-state index in [1.807, 2.05) is 6.92 Å². The lowest BCUT2D eigenvalue weighted by molar-refractivity contribution is -0.137. The van der Waals surface area contributed by atoms with Crippen molar-refractivity contribution in [2.75, 3.05) is 11.9 Å². The number of hydrogen-bond acceptors (Lipinski definition) is 3. The van der Waals surface area contributed by atoms with E-state index in [9.17, 15) is 21.6 Å². The van der Waals surface area contributed by atoms with Gasteiger partial charge in [0.1, 0.15) is 0 Å². The molecule has 0 spiro atoms. The van der Waals surface area contributed by atoms with Crippen LogP contribution in [0.4, 0.5) is 18.9 Å². The molecule has 0 radical (unpaired) electrons. The Bertz CT molecular complexity index is 651. The number of anilines is 1. The van der Waals surface area contributed by atoms with Crippen LogP contribution in [-0.4, -0.2) is 15.0 Å². The Labute approximate surface area is 127 Å². The maximum absolute atomic E-state index is 13.1. The van der Waals surface area contributed by atoms with Crippen LogP contribution in [0.15, 0.2) is 23.1 Å². The monoisotopic (exact) mass is 336 g/mol. The first-order chi connectivity index (χ1) is 10.0. The van der Waals surface area contributed by atoms with Crippen LogP contribution in [0.25, 0.3) is 0 Å². The van der Waals surface area contributed by atoms with Gasteiger partial charge in [0.2, 0.25) is 10.0 Å². The van der Waals surface area contributed by atoms with E-state index >= 15 is 0 Å². The van der Waals surface area contributed by atoms with Gasteiger partial charge < -0.3 is 5.32 Å². The number of primary sulfonamides is 1. The molecule has 0 aromatic heterocycles. The fourth-order valence-electron chi connectivity index (χ4n) is 2.80. The average Bonchev–Trinajstić information content (AvgIpc) is 2.81. The van der Waals surface area contributed by atoms with Crippen LogP contribution < -0.4 is 10.5 Å². The molecule has 124 valence electrons. The van der Waals surface area contributed by atoms with Gasteiger partial charge in [0.15, 0.2) is 0 Å². The zero-order valence-electron chi connectivity index (χ0n) is 12.2. The van der Waals surface area contributed by atoms with Crippen LogP contribution in [0.3, 0.4) is 0 Å². The Morgan fingerprint density at radius 3 is 2.36 bits per heavy atom. The average molecular weight is 336 g/mol. The Hall–Kier alpha value is -1.28. The molecule has 0 atom stereocenters. The van der Waals surface area contributed by atoms with Crippen LogP contribution >= 0.6 is 0 Å². The highest BCUT2D eigenvalue weighted by atomic mass is 32.2. The van der Waals surface area contributed by atoms with Crippen molar-refractivity contribution >= 4 is 15.7 Å². The van der Waals surface area contributed by atoms with Crippen molar-refractivity contribution in [1.29, 1.82) is 0 Å². The molecule has 1 aromatic carbocycles. The summed E-state index contributed by atoms with van der Waals surface area (Å²) in [5.74, 6) is 0. The highest BCUT2D eigenvalue weighted by molar-refractivity contribution is 7.89. The number of nitrogens with two attached hydrogens (primary N) is 1. The van der Waals surface area contributed by atoms with Gasteiger partial charge >= 0.3 is 6.18 Å². The molecular formula is C14H19F3N2O2S. The van der Waals surface area contributed by atoms with Gasteiger partial charge in [-0.25, -0.2) is 13.6 Å². The van der Waals surface area contributed by atoms with Crippen molar-refractivity contribution in [3.63, 3.8) is 0 Å². The minimum Gasteiger partial charge on any atom is -0.384 e. The van der Waals surface area contributed by atoms with E-state index in [0.29, 0.717) is 12.6 Å². The minimum absolute atomic E-state index is 0.0263. The normalized spacial score (nSPS) is 18.4. The first-order valence-corrected chi connectivity index (χ1v) is 8.54. The number of hydrogen-bond donors (Lipinski definition) is 2. The third-order valence-electron chi connectivity index (χ3n) is 4.14. The fraction of sp³-hybridized carbons (Fsp3) is 0.571. The van der Waals surface area contributed by atoms with Crippen molar-refractivity contribution in [3.05, 3.63) is 23.8 Å². The van der Waals surface area contributed by atoms with Crippen molar-refractivity contribution in [1.82, 2.24) is 0 Å². The molecule has 8 heteroatoms. The van der Waals surface area contributed by atoms with E-state index in [4.69, 9.17) is 5.14 Å². The molecule has 0 heterocycles. The molecule has 22 heavy (non-hydrogen) atoms. The third-order valence-corrected chi connectivity index (χ3v) is 5.05. The third kappa shape index (κ3) is 3.92. The van der Waals surface area contributed by atoms with Gasteiger partial charge in [0.25, 0.3) is 0 Å². The Morgan fingerprint density at radius 1 is 1.27 bits per heavy atom. The standard InChI is InChI=1S/C14H19F3N2O2S/c1-13(6-2-3-7-13)9-19-12-5-4-10(22(18,20)21)8-11(12)14(15,16)17/h4-5,8,19H,2-3,6-7,9H2,1H3,(H2,18,20,21). The van der Waals surface area contributed by atoms with Gasteiger partial charge in [-0.3, -0.25) is 0 Å². The maximum atomic E-state index is 13.1. The predicted molar refractivity (Wildman–Crippen MR) is 77.9 cm³/mol. The van der Waals surface area contributed by atoms with Crippen molar-refractivity contribution in [3.8, 4) is 0 Å². The van der Waals surface area contributed by atoms with Crippen molar-refractivity contribution in [2.45, 2.75) is 43.7 Å². The van der Waals surface area contributed by atoms with E-state index in [-0.39, 0.29) is 11.1 Å². The zero-order chi connectivity index (χ0) is 16.6. The topological polar surface area (TPSA) is 72.2 Å². The molecule has 0 amide bonds. The summed E-state index contributed by atoms with van der Waals surface area (Å²) in [5.41, 5.74) is -1.16. The second kappa shape index (κ2) is 5.73. The smallest absolute Gasteiger partial charge is 0.384 e. The SMILES string of the molecule is CC1(CNc2ccc(S(N)(=O)=O)cc2C(F)(F)F)CCCC1. The summed E-state index contributed by atoms with van der Waals surface area (Å²) in [5, 5.41) is 7.72. The molecule has 1 aliphatic carbocycles. The van der Waals surface area contributed by atoms with E-state index in [2.05, 4.69) is 5.32 Å². The number of nitrogens with one attached hydrogen (secondary N) is 1. The summed E-state index contributed by atoms with van der Waals surface area (Å²) >= 11 is 0. The second-order valence-corrected chi connectivity index (χ2v) is 7.68. The van der Waals surface area contributed by atoms with Crippen LogP contribution in [0.5, 0.6) is 0 Å². The summed E-state index contributed by atoms with van der Waals surface area (Å²) in [4.78, 5) is -0.544. The number of halogens is 3. The molecule has 4 nitrogen and oxygen atoms in total. The Kier molecular flexibility index (Phi) is 4.45. The van der Waals surface area contributed by atoms with Gasteiger partial charge in [0, 0.05) is 12.2 Å². The molecule has 0 saturated heterocycles. The Balaban J connectivity index is 2.30. The molecule has 0 bridgehead atoms. The summed E-state index contributed by atoms with van der Waals surface area (Å²) < 4.78 is 61.9. The maximum Gasteiger partial charge on any atom is 0.418 e. The summed E-state index contributed by atoms with van der Waals surface area (Å²) in [6.45, 7) is 2.46. The molecular weight excluding hydrogens is 317 g/mol. The Morgan fingerprint density at radius 2 is 1.86 bits per heavy atom. The predicted octanol–water partition coefficient (Wildman–Crippen LogP) is 3.35. The fourth-order valence-corrected chi connectivity index (χ4v) is 3.34. The van der Waals surface area contributed by atoms with E-state index < -0.39 is 26.7 Å². The van der Waals surface area contributed by atoms with E-state index in [1.165, 1.54) is 0 Å². The molecule has 1 aliphatic rings.